The molecule has 0 amide bonds. The number of rotatable bonds is 33. The zero-order valence-corrected chi connectivity index (χ0v) is 28.6. The minimum atomic E-state index is -0.935. The normalized spacial score (nSPS) is 12.0. The Kier molecular flexibility index (Phi) is 31.6. The van der Waals surface area contributed by atoms with Crippen LogP contribution in [-0.2, 0) is 14.3 Å². The van der Waals surface area contributed by atoms with Crippen LogP contribution in [0.15, 0.2) is 11.1 Å². The molecular weight excluding hydrogens is 520 g/mol. The maximum atomic E-state index is 13.1. The standard InChI is InChI=1S/C38H72O4/c1-4-7-10-13-16-19-20-21-22-25-28-31-34-42-38(41)36(33-30-27-24-18-15-12-9-6-3)35(37(39)40)32-29-26-23-17-14-11-8-5-2/h4-34H2,1-3H3,(H,39,40). The quantitative estimate of drug-likeness (QED) is 0.0467. The summed E-state index contributed by atoms with van der Waals surface area (Å²) in [6.07, 6.45) is 35.0. The number of carbonyl (C=O) groups is 2. The Morgan fingerprint density at radius 2 is 0.690 bits per heavy atom. The van der Waals surface area contributed by atoms with Crippen molar-refractivity contribution >= 4 is 11.9 Å². The fourth-order valence-electron chi connectivity index (χ4n) is 5.83. The molecule has 0 bridgehead atoms. The summed E-state index contributed by atoms with van der Waals surface area (Å²) in [6.45, 7) is 7.13. The van der Waals surface area contributed by atoms with Crippen molar-refractivity contribution in [1.82, 2.24) is 0 Å². The summed E-state index contributed by atoms with van der Waals surface area (Å²) in [7, 11) is 0. The third kappa shape index (κ3) is 26.3. The van der Waals surface area contributed by atoms with E-state index in [1.807, 2.05) is 0 Å². The van der Waals surface area contributed by atoms with E-state index in [9.17, 15) is 14.7 Å². The Labute approximate surface area is 262 Å². The maximum Gasteiger partial charge on any atom is 0.334 e. The topological polar surface area (TPSA) is 63.6 Å². The van der Waals surface area contributed by atoms with Gasteiger partial charge in [0.1, 0.15) is 0 Å². The third-order valence-corrected chi connectivity index (χ3v) is 8.66. The lowest BCUT2D eigenvalue weighted by atomic mass is 9.96. The maximum absolute atomic E-state index is 13.1. The van der Waals surface area contributed by atoms with E-state index < -0.39 is 5.97 Å². The van der Waals surface area contributed by atoms with E-state index in [-0.39, 0.29) is 5.97 Å². The zero-order valence-electron chi connectivity index (χ0n) is 28.6. The highest BCUT2D eigenvalue weighted by molar-refractivity contribution is 5.99. The van der Waals surface area contributed by atoms with Gasteiger partial charge in [0, 0.05) is 11.1 Å². The molecule has 0 unspecified atom stereocenters. The number of hydrogen-bond acceptors (Lipinski definition) is 3. The number of aliphatic carboxylic acids is 1. The summed E-state index contributed by atoms with van der Waals surface area (Å²) in [5.74, 6) is -1.31. The van der Waals surface area contributed by atoms with Crippen LogP contribution >= 0.6 is 0 Å². The van der Waals surface area contributed by atoms with Crippen LogP contribution < -0.4 is 0 Å². The van der Waals surface area contributed by atoms with Gasteiger partial charge in [-0.1, -0.05) is 181 Å². The molecule has 4 nitrogen and oxygen atoms in total. The van der Waals surface area contributed by atoms with Crippen molar-refractivity contribution in [2.45, 2.75) is 213 Å². The third-order valence-electron chi connectivity index (χ3n) is 8.66. The van der Waals surface area contributed by atoms with Gasteiger partial charge in [0.15, 0.2) is 0 Å². The minimum Gasteiger partial charge on any atom is -0.478 e. The second-order valence-corrected chi connectivity index (χ2v) is 12.7. The molecule has 0 aromatic rings. The first-order valence-electron chi connectivity index (χ1n) is 18.7. The molecule has 0 aliphatic heterocycles. The van der Waals surface area contributed by atoms with Gasteiger partial charge in [-0.15, -0.1) is 0 Å². The van der Waals surface area contributed by atoms with Crippen molar-refractivity contribution < 1.29 is 19.4 Å². The van der Waals surface area contributed by atoms with E-state index in [1.165, 1.54) is 128 Å². The molecule has 0 heterocycles. The molecule has 0 saturated heterocycles. The van der Waals surface area contributed by atoms with Crippen molar-refractivity contribution in [2.24, 2.45) is 0 Å². The highest BCUT2D eigenvalue weighted by Crippen LogP contribution is 2.23. The summed E-state index contributed by atoms with van der Waals surface area (Å²) in [5.41, 5.74) is 0.749. The molecule has 0 aliphatic rings. The number of carboxylic acid groups (broad SMARTS) is 1. The molecule has 42 heavy (non-hydrogen) atoms. The van der Waals surface area contributed by atoms with Gasteiger partial charge in [0.2, 0.25) is 0 Å². The summed E-state index contributed by atoms with van der Waals surface area (Å²) in [5, 5.41) is 10.0. The minimum absolute atomic E-state index is 0.309. The van der Waals surface area contributed by atoms with Gasteiger partial charge in [-0.3, -0.25) is 0 Å². The predicted molar refractivity (Wildman–Crippen MR) is 181 cm³/mol. The second kappa shape index (κ2) is 32.6. The van der Waals surface area contributed by atoms with Crippen LogP contribution in [0.3, 0.4) is 0 Å². The van der Waals surface area contributed by atoms with Crippen LogP contribution in [0, 0.1) is 0 Å². The van der Waals surface area contributed by atoms with Gasteiger partial charge < -0.3 is 9.84 Å². The number of carboxylic acids is 1. The smallest absolute Gasteiger partial charge is 0.334 e. The zero-order chi connectivity index (χ0) is 30.9. The molecular formula is C38H72O4. The number of carbonyl (C=O) groups excluding carboxylic acids is 1. The van der Waals surface area contributed by atoms with E-state index >= 15 is 0 Å². The number of esters is 1. The van der Waals surface area contributed by atoms with Gasteiger partial charge in [-0.2, -0.15) is 0 Å². The molecule has 0 fully saturated rings. The molecule has 0 aromatic heterocycles. The average molecular weight is 593 g/mol. The van der Waals surface area contributed by atoms with Crippen LogP contribution in [0.2, 0.25) is 0 Å². The fourth-order valence-corrected chi connectivity index (χ4v) is 5.83. The molecule has 4 heteroatoms. The van der Waals surface area contributed by atoms with Crippen LogP contribution in [0.1, 0.15) is 213 Å². The predicted octanol–water partition coefficient (Wildman–Crippen LogP) is 12.7. The van der Waals surface area contributed by atoms with E-state index in [0.717, 1.165) is 51.4 Å². The first-order valence-corrected chi connectivity index (χ1v) is 18.7. The second-order valence-electron chi connectivity index (χ2n) is 12.7. The van der Waals surface area contributed by atoms with Crippen LogP contribution in [0.5, 0.6) is 0 Å². The van der Waals surface area contributed by atoms with Gasteiger partial charge in [-0.25, -0.2) is 9.59 Å². The van der Waals surface area contributed by atoms with Crippen LogP contribution in [-0.4, -0.2) is 23.7 Å². The van der Waals surface area contributed by atoms with Crippen LogP contribution in [0.4, 0.5) is 0 Å². The molecule has 0 rings (SSSR count). The Morgan fingerprint density at radius 1 is 0.405 bits per heavy atom. The van der Waals surface area contributed by atoms with E-state index in [4.69, 9.17) is 4.74 Å². The lowest BCUT2D eigenvalue weighted by Crippen LogP contribution is -2.16. The SMILES string of the molecule is CCCCCCCCCCCCCCOC(=O)C(CCCCCCCCCC)=C(CCCCCCCCCC)C(=O)O. The van der Waals surface area contributed by atoms with E-state index in [0.29, 0.717) is 30.6 Å². The fraction of sp³-hybridized carbons (Fsp3) is 0.895. The van der Waals surface area contributed by atoms with Crippen molar-refractivity contribution in [3.63, 3.8) is 0 Å². The monoisotopic (exact) mass is 593 g/mol. The lowest BCUT2D eigenvalue weighted by molar-refractivity contribution is -0.140. The van der Waals surface area contributed by atoms with Gasteiger partial charge in [-0.05, 0) is 32.1 Å². The average Bonchev–Trinajstić information content (AvgIpc) is 2.98. The Morgan fingerprint density at radius 3 is 1.02 bits per heavy atom. The highest BCUT2D eigenvalue weighted by atomic mass is 16.5. The Hall–Kier alpha value is -1.32. The molecule has 248 valence electrons. The largest absolute Gasteiger partial charge is 0.478 e. The van der Waals surface area contributed by atoms with Crippen molar-refractivity contribution in [3.05, 3.63) is 11.1 Å². The summed E-state index contributed by atoms with van der Waals surface area (Å²) in [4.78, 5) is 25.4. The first-order chi connectivity index (χ1) is 20.6. The number of unbranched alkanes of at least 4 members (excludes halogenated alkanes) is 25. The molecule has 0 radical (unpaired) electrons. The first kappa shape index (κ1) is 40.7. The molecule has 1 N–H and O–H groups in total. The summed E-state index contributed by atoms with van der Waals surface area (Å²) < 4.78 is 5.67. The van der Waals surface area contributed by atoms with Crippen molar-refractivity contribution in [1.29, 1.82) is 0 Å². The van der Waals surface area contributed by atoms with Gasteiger partial charge >= 0.3 is 11.9 Å². The van der Waals surface area contributed by atoms with Crippen molar-refractivity contribution in [3.8, 4) is 0 Å². The number of ether oxygens (including phenoxy) is 1. The highest BCUT2D eigenvalue weighted by Gasteiger charge is 2.21. The van der Waals surface area contributed by atoms with E-state index in [1.54, 1.807) is 0 Å². The van der Waals surface area contributed by atoms with Crippen LogP contribution in [0.25, 0.3) is 0 Å². The molecule has 0 aromatic carbocycles. The van der Waals surface area contributed by atoms with Gasteiger partial charge in [0.25, 0.3) is 0 Å². The summed E-state index contributed by atoms with van der Waals surface area (Å²) >= 11 is 0. The summed E-state index contributed by atoms with van der Waals surface area (Å²) in [6, 6.07) is 0. The molecule has 0 aliphatic carbocycles. The molecule has 0 atom stereocenters. The molecule has 0 spiro atoms. The lowest BCUT2D eigenvalue weighted by Gasteiger charge is -2.13. The molecule has 0 saturated carbocycles. The van der Waals surface area contributed by atoms with Gasteiger partial charge in [0.05, 0.1) is 6.61 Å². The Balaban J connectivity index is 4.57. The van der Waals surface area contributed by atoms with Crippen molar-refractivity contribution in [2.75, 3.05) is 6.61 Å². The Bertz CT molecular complexity index is 639. The van der Waals surface area contributed by atoms with E-state index in [2.05, 4.69) is 20.8 Å². The number of hydrogen-bond donors (Lipinski definition) is 1.